The van der Waals surface area contributed by atoms with Crippen molar-refractivity contribution in [3.05, 3.63) is 139 Å². The van der Waals surface area contributed by atoms with Crippen molar-refractivity contribution in [1.82, 2.24) is 0 Å². The van der Waals surface area contributed by atoms with Gasteiger partial charge in [0.1, 0.15) is 22.3 Å². The number of rotatable bonds is 3. The zero-order chi connectivity index (χ0) is 26.9. The van der Waals surface area contributed by atoms with E-state index in [9.17, 15) is 0 Å². The lowest BCUT2D eigenvalue weighted by atomic mass is 9.85. The third-order valence-corrected chi connectivity index (χ3v) is 8.56. The van der Waals surface area contributed by atoms with Crippen molar-refractivity contribution in [3.63, 3.8) is 0 Å². The van der Waals surface area contributed by atoms with Crippen molar-refractivity contribution >= 4 is 60.9 Å². The van der Waals surface area contributed by atoms with Crippen molar-refractivity contribution in [2.24, 2.45) is 0 Å². The zero-order valence-electron chi connectivity index (χ0n) is 22.3. The molecule has 3 heteroatoms. The van der Waals surface area contributed by atoms with Crippen LogP contribution < -0.4 is 4.90 Å². The van der Waals surface area contributed by atoms with Crippen LogP contribution in [0.2, 0.25) is 0 Å². The van der Waals surface area contributed by atoms with Gasteiger partial charge in [-0.25, -0.2) is 0 Å². The molecule has 9 rings (SSSR count). The number of benzene rings is 6. The van der Waals surface area contributed by atoms with Crippen LogP contribution in [0.15, 0.2) is 136 Å². The Labute approximate surface area is 236 Å². The summed E-state index contributed by atoms with van der Waals surface area (Å²) in [5, 5.41) is 4.52. The predicted octanol–water partition coefficient (Wildman–Crippen LogP) is 10.7. The highest BCUT2D eigenvalue weighted by atomic mass is 16.3. The summed E-state index contributed by atoms with van der Waals surface area (Å²) in [6.07, 6.45) is 2.09. The van der Waals surface area contributed by atoms with Gasteiger partial charge in [0.05, 0.1) is 0 Å². The highest BCUT2D eigenvalue weighted by Gasteiger charge is 2.21. The Kier molecular flexibility index (Phi) is 4.73. The van der Waals surface area contributed by atoms with Crippen LogP contribution in [0.3, 0.4) is 0 Å². The number of hydrogen-bond acceptors (Lipinski definition) is 3. The summed E-state index contributed by atoms with van der Waals surface area (Å²) >= 11 is 0. The van der Waals surface area contributed by atoms with Crippen LogP contribution in [0.5, 0.6) is 0 Å². The average Bonchev–Trinajstić information content (AvgIpc) is 3.58. The van der Waals surface area contributed by atoms with E-state index in [0.29, 0.717) is 0 Å². The lowest BCUT2D eigenvalue weighted by Gasteiger charge is -2.28. The van der Waals surface area contributed by atoms with E-state index in [1.807, 2.05) is 24.3 Å². The van der Waals surface area contributed by atoms with E-state index in [0.717, 1.165) is 73.8 Å². The van der Waals surface area contributed by atoms with Gasteiger partial charge in [-0.15, -0.1) is 0 Å². The van der Waals surface area contributed by atoms with Crippen LogP contribution in [0.1, 0.15) is 11.1 Å². The summed E-state index contributed by atoms with van der Waals surface area (Å²) in [4.78, 5) is 2.32. The van der Waals surface area contributed by atoms with Gasteiger partial charge in [-0.2, -0.15) is 0 Å². The molecule has 0 fully saturated rings. The van der Waals surface area contributed by atoms with E-state index in [1.165, 1.54) is 22.3 Å². The van der Waals surface area contributed by atoms with Crippen LogP contribution in [0, 0.1) is 0 Å². The largest absolute Gasteiger partial charge is 0.456 e. The molecule has 0 spiro atoms. The molecular weight excluding hydrogens is 502 g/mol. The normalized spacial score (nSPS) is 12.7. The number of para-hydroxylation sites is 2. The van der Waals surface area contributed by atoms with Crippen molar-refractivity contribution < 1.29 is 8.83 Å². The molecule has 0 saturated carbocycles. The molecular formula is C38H25NO2. The van der Waals surface area contributed by atoms with E-state index in [4.69, 9.17) is 8.83 Å². The van der Waals surface area contributed by atoms with Crippen LogP contribution in [-0.2, 0) is 12.8 Å². The van der Waals surface area contributed by atoms with Crippen molar-refractivity contribution in [2.45, 2.75) is 12.8 Å². The number of hydrogen-bond donors (Lipinski definition) is 0. The van der Waals surface area contributed by atoms with Gasteiger partial charge in [-0.1, -0.05) is 66.7 Å². The molecule has 0 N–H and O–H groups in total. The Hall–Kier alpha value is -5.28. The molecule has 0 bridgehead atoms. The van der Waals surface area contributed by atoms with Gasteiger partial charge >= 0.3 is 0 Å². The lowest BCUT2D eigenvalue weighted by Crippen LogP contribution is -2.11. The highest BCUT2D eigenvalue weighted by molar-refractivity contribution is 6.07. The number of nitrogens with zero attached hydrogens (tertiary/aromatic N) is 1. The summed E-state index contributed by atoms with van der Waals surface area (Å²) < 4.78 is 12.6. The molecule has 2 aromatic heterocycles. The second-order valence-electron chi connectivity index (χ2n) is 10.9. The third-order valence-electron chi connectivity index (χ3n) is 8.56. The first kappa shape index (κ1) is 22.5. The van der Waals surface area contributed by atoms with Crippen molar-refractivity contribution in [1.29, 1.82) is 0 Å². The number of anilines is 3. The molecule has 0 amide bonds. The van der Waals surface area contributed by atoms with Crippen LogP contribution >= 0.6 is 0 Å². The highest BCUT2D eigenvalue weighted by Crippen LogP contribution is 2.43. The van der Waals surface area contributed by atoms with Gasteiger partial charge < -0.3 is 13.7 Å². The first-order chi connectivity index (χ1) is 20.3. The molecule has 8 aromatic rings. The Morgan fingerprint density at radius 1 is 0.390 bits per heavy atom. The van der Waals surface area contributed by atoms with Crippen LogP contribution in [-0.4, -0.2) is 0 Å². The topological polar surface area (TPSA) is 29.5 Å². The molecule has 0 unspecified atom stereocenters. The van der Waals surface area contributed by atoms with Gasteiger partial charge in [0, 0.05) is 50.7 Å². The molecule has 194 valence electrons. The fourth-order valence-corrected chi connectivity index (χ4v) is 6.61. The quantitative estimate of drug-likeness (QED) is 0.229. The molecule has 1 aliphatic rings. The van der Waals surface area contributed by atoms with E-state index >= 15 is 0 Å². The molecule has 3 nitrogen and oxygen atoms in total. The fraction of sp³-hybridized carbons (Fsp3) is 0.0526. The Bertz CT molecular complexity index is 2170. The van der Waals surface area contributed by atoms with Crippen molar-refractivity contribution in [3.8, 4) is 11.1 Å². The van der Waals surface area contributed by atoms with Gasteiger partial charge in [-0.05, 0) is 83.6 Å². The zero-order valence-corrected chi connectivity index (χ0v) is 22.3. The second kappa shape index (κ2) is 8.61. The van der Waals surface area contributed by atoms with Gasteiger partial charge in [0.2, 0.25) is 0 Å². The maximum absolute atomic E-state index is 6.31. The monoisotopic (exact) mass is 527 g/mol. The number of furan rings is 2. The maximum atomic E-state index is 6.31. The lowest BCUT2D eigenvalue weighted by molar-refractivity contribution is 0.669. The predicted molar refractivity (Wildman–Crippen MR) is 169 cm³/mol. The fourth-order valence-electron chi connectivity index (χ4n) is 6.61. The summed E-state index contributed by atoms with van der Waals surface area (Å²) in [6.45, 7) is 0. The molecule has 0 saturated heterocycles. The molecule has 41 heavy (non-hydrogen) atoms. The Morgan fingerprint density at radius 3 is 1.56 bits per heavy atom. The summed E-state index contributed by atoms with van der Waals surface area (Å²) in [6, 6.07) is 45.2. The molecule has 2 heterocycles. The second-order valence-corrected chi connectivity index (χ2v) is 10.9. The average molecular weight is 528 g/mol. The number of fused-ring (bicyclic) bond motifs is 9. The van der Waals surface area contributed by atoms with Crippen LogP contribution in [0.25, 0.3) is 55.0 Å². The maximum Gasteiger partial charge on any atom is 0.137 e. The van der Waals surface area contributed by atoms with Gasteiger partial charge in [0.25, 0.3) is 0 Å². The molecule has 1 aliphatic carbocycles. The first-order valence-electron chi connectivity index (χ1n) is 14.1. The minimum atomic E-state index is 0.880. The Balaban J connectivity index is 1.25. The van der Waals surface area contributed by atoms with Crippen LogP contribution in [0.4, 0.5) is 17.1 Å². The summed E-state index contributed by atoms with van der Waals surface area (Å²) in [7, 11) is 0. The minimum Gasteiger partial charge on any atom is -0.456 e. The van der Waals surface area contributed by atoms with E-state index in [2.05, 4.69) is 108 Å². The molecule has 0 aliphatic heterocycles. The van der Waals surface area contributed by atoms with E-state index < -0.39 is 0 Å². The van der Waals surface area contributed by atoms with Gasteiger partial charge in [0.15, 0.2) is 0 Å². The standard InChI is InChI=1S/C38H25NO2/c1-2-8-29-24(7-1)13-14-25-21-26(15-18-30(25)29)39(27-16-19-33-31-9-3-5-11-35(31)40-37(33)22-27)28-17-20-34-32-10-4-6-12-36(32)41-38(34)23-28/h1-12,15-23H,13-14H2. The summed E-state index contributed by atoms with van der Waals surface area (Å²) in [5.74, 6) is 0. The van der Waals surface area contributed by atoms with E-state index in [-0.39, 0.29) is 0 Å². The third kappa shape index (κ3) is 3.46. The summed E-state index contributed by atoms with van der Waals surface area (Å²) in [5.41, 5.74) is 12.3. The van der Waals surface area contributed by atoms with Crippen molar-refractivity contribution in [2.75, 3.05) is 4.90 Å². The molecule has 0 atom stereocenters. The SMILES string of the molecule is c1ccc2c(c1)CCc1cc(N(c3ccc4c(c3)oc3ccccc34)c3ccc4c(c3)oc3ccccc34)ccc1-2. The Morgan fingerprint density at radius 2 is 0.878 bits per heavy atom. The smallest absolute Gasteiger partial charge is 0.137 e. The number of aryl methyl sites for hydroxylation is 2. The first-order valence-corrected chi connectivity index (χ1v) is 14.1. The molecule has 6 aromatic carbocycles. The van der Waals surface area contributed by atoms with Gasteiger partial charge in [-0.3, -0.25) is 0 Å². The minimum absolute atomic E-state index is 0.880. The molecule has 0 radical (unpaired) electrons. The van der Waals surface area contributed by atoms with E-state index in [1.54, 1.807) is 0 Å².